The number of rotatable bonds is 0. The maximum Gasteiger partial charge on any atom is 0.313 e. The molecule has 1 saturated carbocycles. The average molecular weight is 210 g/mol. The van der Waals surface area contributed by atoms with Gasteiger partial charge in [0.05, 0.1) is 0 Å². The Morgan fingerprint density at radius 2 is 1.53 bits per heavy atom. The lowest BCUT2D eigenvalue weighted by molar-refractivity contribution is -0.172. The molecule has 0 N–H and O–H groups in total. The van der Waals surface area contributed by atoms with E-state index in [1.807, 2.05) is 0 Å². The molecule has 1 aliphatic carbocycles. The van der Waals surface area contributed by atoms with Crippen LogP contribution in [0.25, 0.3) is 0 Å². The van der Waals surface area contributed by atoms with E-state index in [0.717, 1.165) is 25.7 Å². The van der Waals surface area contributed by atoms with Crippen molar-refractivity contribution >= 4 is 11.8 Å². The fourth-order valence-corrected chi connectivity index (χ4v) is 2.72. The highest BCUT2D eigenvalue weighted by Crippen LogP contribution is 2.35. The fourth-order valence-electron chi connectivity index (χ4n) is 2.72. The van der Waals surface area contributed by atoms with E-state index in [-0.39, 0.29) is 18.2 Å². The van der Waals surface area contributed by atoms with Gasteiger partial charge in [0.1, 0.15) is 17.8 Å². The zero-order valence-electron chi connectivity index (χ0n) is 9.09. The second-order valence-electron chi connectivity index (χ2n) is 4.82. The highest BCUT2D eigenvalue weighted by Gasteiger charge is 2.40. The third kappa shape index (κ3) is 2.58. The number of ether oxygens (including phenoxy) is 1. The molecule has 0 atom stereocenters. The number of carbonyl (C=O) groups is 2. The van der Waals surface area contributed by atoms with Crippen LogP contribution in [0.3, 0.4) is 0 Å². The van der Waals surface area contributed by atoms with E-state index >= 15 is 0 Å². The normalized spacial score (nSPS) is 26.9. The van der Waals surface area contributed by atoms with Gasteiger partial charge >= 0.3 is 5.97 Å². The predicted octanol–water partition coefficient (Wildman–Crippen LogP) is 2.38. The summed E-state index contributed by atoms with van der Waals surface area (Å²) >= 11 is 0. The maximum atomic E-state index is 11.4. The molecule has 1 aliphatic heterocycles. The molecule has 2 fully saturated rings. The van der Waals surface area contributed by atoms with Crippen LogP contribution < -0.4 is 0 Å². The van der Waals surface area contributed by atoms with E-state index in [4.69, 9.17) is 4.74 Å². The minimum absolute atomic E-state index is 0.0122. The molecule has 2 rings (SSSR count). The second kappa shape index (κ2) is 4.33. The molecule has 1 heterocycles. The van der Waals surface area contributed by atoms with Crippen molar-refractivity contribution in [2.45, 2.75) is 63.4 Å². The first-order valence-electron chi connectivity index (χ1n) is 5.94. The van der Waals surface area contributed by atoms with Gasteiger partial charge < -0.3 is 4.74 Å². The van der Waals surface area contributed by atoms with Crippen molar-refractivity contribution in [3.8, 4) is 0 Å². The van der Waals surface area contributed by atoms with Gasteiger partial charge in [0.15, 0.2) is 0 Å². The molecule has 0 unspecified atom stereocenters. The van der Waals surface area contributed by atoms with Crippen LogP contribution in [0.4, 0.5) is 0 Å². The van der Waals surface area contributed by atoms with Crippen LogP contribution in [0.1, 0.15) is 57.8 Å². The molecule has 0 amide bonds. The van der Waals surface area contributed by atoms with Gasteiger partial charge in [-0.25, -0.2) is 0 Å². The number of hydrogen-bond acceptors (Lipinski definition) is 3. The number of ketones is 1. The Morgan fingerprint density at radius 3 is 2.13 bits per heavy atom. The Hall–Kier alpha value is -0.860. The van der Waals surface area contributed by atoms with Crippen LogP contribution in [0.5, 0.6) is 0 Å². The number of hydrogen-bond donors (Lipinski definition) is 0. The van der Waals surface area contributed by atoms with Gasteiger partial charge in [0, 0.05) is 6.42 Å². The minimum Gasteiger partial charge on any atom is -0.458 e. The summed E-state index contributed by atoms with van der Waals surface area (Å²) in [4.78, 5) is 22.7. The van der Waals surface area contributed by atoms with Crippen molar-refractivity contribution in [2.24, 2.45) is 0 Å². The molecule has 3 nitrogen and oxygen atoms in total. The fraction of sp³-hybridized carbons (Fsp3) is 0.833. The molecule has 0 bridgehead atoms. The summed E-state index contributed by atoms with van der Waals surface area (Å²) in [5.41, 5.74) is -0.424. The van der Waals surface area contributed by atoms with Crippen molar-refractivity contribution in [1.82, 2.24) is 0 Å². The number of Topliss-reactive ketones (excluding diaryl/α,β-unsaturated/α-hetero) is 1. The number of esters is 1. The highest BCUT2D eigenvalue weighted by molar-refractivity contribution is 5.98. The van der Waals surface area contributed by atoms with Crippen molar-refractivity contribution in [3.63, 3.8) is 0 Å². The molecular formula is C12H18O3. The first kappa shape index (κ1) is 10.7. The Bertz CT molecular complexity index is 244. The van der Waals surface area contributed by atoms with Gasteiger partial charge in [0.2, 0.25) is 0 Å². The zero-order valence-corrected chi connectivity index (χ0v) is 9.09. The monoisotopic (exact) mass is 210 g/mol. The summed E-state index contributed by atoms with van der Waals surface area (Å²) in [6, 6.07) is 0. The van der Waals surface area contributed by atoms with Gasteiger partial charge in [-0.15, -0.1) is 0 Å². The Kier molecular flexibility index (Phi) is 3.08. The van der Waals surface area contributed by atoms with Crippen LogP contribution in [0.15, 0.2) is 0 Å². The topological polar surface area (TPSA) is 43.4 Å². The van der Waals surface area contributed by atoms with Gasteiger partial charge in [-0.05, 0) is 25.7 Å². The Balaban J connectivity index is 2.07. The second-order valence-corrected chi connectivity index (χ2v) is 4.82. The van der Waals surface area contributed by atoms with E-state index in [2.05, 4.69) is 0 Å². The molecule has 15 heavy (non-hydrogen) atoms. The lowest BCUT2D eigenvalue weighted by atomic mass is 9.81. The van der Waals surface area contributed by atoms with Crippen LogP contribution in [-0.2, 0) is 14.3 Å². The smallest absolute Gasteiger partial charge is 0.313 e. The summed E-state index contributed by atoms with van der Waals surface area (Å²) in [5.74, 6) is -0.251. The molecule has 1 saturated heterocycles. The molecule has 2 aliphatic rings. The molecule has 1 spiro atoms. The number of carbonyl (C=O) groups excluding carboxylic acids is 2. The van der Waals surface area contributed by atoms with Gasteiger partial charge in [-0.1, -0.05) is 19.3 Å². The SMILES string of the molecule is O=C1CC(=O)OC2(CCCCCCC2)C1. The largest absolute Gasteiger partial charge is 0.458 e. The average Bonchev–Trinajstić information content (AvgIpc) is 2.11. The highest BCUT2D eigenvalue weighted by atomic mass is 16.6. The summed E-state index contributed by atoms with van der Waals surface area (Å²) in [7, 11) is 0. The van der Waals surface area contributed by atoms with E-state index in [1.54, 1.807) is 0 Å². The zero-order chi connectivity index (χ0) is 10.7. The quantitative estimate of drug-likeness (QED) is 0.455. The third-order valence-corrected chi connectivity index (χ3v) is 3.46. The molecule has 84 valence electrons. The third-order valence-electron chi connectivity index (χ3n) is 3.46. The van der Waals surface area contributed by atoms with Crippen molar-refractivity contribution in [3.05, 3.63) is 0 Å². The molecule has 0 aromatic heterocycles. The van der Waals surface area contributed by atoms with E-state index in [1.165, 1.54) is 19.3 Å². The summed E-state index contributed by atoms with van der Waals surface area (Å²) in [6.45, 7) is 0. The van der Waals surface area contributed by atoms with Crippen molar-refractivity contribution in [2.75, 3.05) is 0 Å². The standard InChI is InChI=1S/C12H18O3/c13-10-8-11(14)15-12(9-10)6-4-2-1-3-5-7-12/h1-9H2. The summed E-state index contributed by atoms with van der Waals surface area (Å²) < 4.78 is 5.46. The van der Waals surface area contributed by atoms with Gasteiger partial charge in [-0.2, -0.15) is 0 Å². The first-order valence-corrected chi connectivity index (χ1v) is 5.94. The van der Waals surface area contributed by atoms with Crippen LogP contribution in [0.2, 0.25) is 0 Å². The Labute approximate surface area is 90.2 Å². The molecule has 0 aromatic rings. The molecule has 3 heteroatoms. The first-order chi connectivity index (χ1) is 7.20. The lowest BCUT2D eigenvalue weighted by Crippen LogP contribution is -2.43. The van der Waals surface area contributed by atoms with Crippen LogP contribution in [-0.4, -0.2) is 17.4 Å². The summed E-state index contributed by atoms with van der Waals surface area (Å²) in [6.07, 6.45) is 8.05. The minimum atomic E-state index is -0.424. The molecule has 0 radical (unpaired) electrons. The van der Waals surface area contributed by atoms with Crippen LogP contribution in [0, 0.1) is 0 Å². The van der Waals surface area contributed by atoms with E-state index in [9.17, 15) is 9.59 Å². The van der Waals surface area contributed by atoms with Gasteiger partial charge in [0.25, 0.3) is 0 Å². The maximum absolute atomic E-state index is 11.4. The van der Waals surface area contributed by atoms with E-state index < -0.39 is 5.60 Å². The Morgan fingerprint density at radius 1 is 0.933 bits per heavy atom. The van der Waals surface area contributed by atoms with Crippen molar-refractivity contribution < 1.29 is 14.3 Å². The summed E-state index contributed by atoms with van der Waals surface area (Å²) in [5, 5.41) is 0. The molecule has 0 aromatic carbocycles. The molecular weight excluding hydrogens is 192 g/mol. The van der Waals surface area contributed by atoms with Crippen LogP contribution >= 0.6 is 0 Å². The predicted molar refractivity (Wildman–Crippen MR) is 55.4 cm³/mol. The lowest BCUT2D eigenvalue weighted by Gasteiger charge is -2.37. The van der Waals surface area contributed by atoms with Gasteiger partial charge in [-0.3, -0.25) is 9.59 Å². The van der Waals surface area contributed by atoms with Crippen molar-refractivity contribution in [1.29, 1.82) is 0 Å². The van der Waals surface area contributed by atoms with E-state index in [0.29, 0.717) is 6.42 Å².